The molecule has 0 aliphatic heterocycles. The van der Waals surface area contributed by atoms with E-state index in [-0.39, 0.29) is 12.8 Å². The van der Waals surface area contributed by atoms with Crippen molar-refractivity contribution in [3.8, 4) is 0 Å². The van der Waals surface area contributed by atoms with E-state index in [1.165, 1.54) is 55.7 Å². The number of carboxylic acid groups (broad SMARTS) is 4. The van der Waals surface area contributed by atoms with Crippen LogP contribution in [0.2, 0.25) is 0 Å². The number of rotatable bonds is 9. The van der Waals surface area contributed by atoms with Gasteiger partial charge in [-0.2, -0.15) is 0 Å². The lowest BCUT2D eigenvalue weighted by atomic mass is 9.40. The van der Waals surface area contributed by atoms with E-state index in [1.54, 1.807) is 45.4 Å². The Bertz CT molecular complexity index is 2610. The van der Waals surface area contributed by atoms with Crippen LogP contribution in [-0.4, -0.2) is 44.3 Å². The van der Waals surface area contributed by atoms with Crippen LogP contribution in [0.15, 0.2) is 146 Å². The molecule has 5 aromatic rings. The van der Waals surface area contributed by atoms with Gasteiger partial charge in [-0.3, -0.25) is 19.2 Å². The van der Waals surface area contributed by atoms with Gasteiger partial charge in [-0.05, 0) is 193 Å². The SMILES string of the molecule is CC.CC.CC.CC.CC.CC.CC(=O)O.CC(CC(=O)O)(c1ccccc1)c1ccccc1.CC12CC3CC(CC(C3)C1)C2.CC1CCC2(C)C(C1)CC(C)C1C2CC(C)C2(C)C(C(C)CCC(=O)O)CCC12.CCC(=O)O.c1ccc2ccccc2c1.c1ccccc1. The third-order valence-electron chi connectivity index (χ3n) is 21.7. The molecule has 8 aliphatic carbocycles. The first-order valence-electron chi connectivity index (χ1n) is 37.8. The summed E-state index contributed by atoms with van der Waals surface area (Å²) >= 11 is 0. The maximum Gasteiger partial charge on any atom is 0.304 e. The second kappa shape index (κ2) is 47.2. The Labute approximate surface area is 582 Å². The number of hydrogen-bond acceptors (Lipinski definition) is 4. The average molecular weight is 1310 g/mol. The normalized spacial score (nSPS) is 27.8. The lowest BCUT2D eigenvalue weighted by Crippen LogP contribution is -2.58. The lowest BCUT2D eigenvalue weighted by molar-refractivity contribution is -0.163. The van der Waals surface area contributed by atoms with Gasteiger partial charge in [-0.25, -0.2) is 0 Å². The molecule has 8 nitrogen and oxygen atoms in total. The van der Waals surface area contributed by atoms with E-state index in [9.17, 15) is 24.6 Å². The fraction of sp³-hybridized carbons (Fsp3) is 0.632. The summed E-state index contributed by atoms with van der Waals surface area (Å²) in [5.74, 6) is 7.90. The molecule has 0 amide bonds. The molecular formula is C87H140O8. The van der Waals surface area contributed by atoms with Crippen molar-refractivity contribution < 1.29 is 39.6 Å². The average Bonchev–Trinajstić information content (AvgIpc) is 1.67. The van der Waals surface area contributed by atoms with Crippen molar-refractivity contribution in [2.24, 2.45) is 87.3 Å². The van der Waals surface area contributed by atoms with E-state index < -0.39 is 29.3 Å². The van der Waals surface area contributed by atoms with Crippen LogP contribution in [0.4, 0.5) is 0 Å². The monoisotopic (exact) mass is 1310 g/mol. The van der Waals surface area contributed by atoms with Gasteiger partial charge in [-0.1, -0.05) is 297 Å². The highest BCUT2D eigenvalue weighted by molar-refractivity contribution is 5.82. The van der Waals surface area contributed by atoms with Crippen LogP contribution in [0.3, 0.4) is 0 Å². The summed E-state index contributed by atoms with van der Waals surface area (Å²) in [6.07, 6.45) is 21.0. The molecule has 8 fully saturated rings. The minimum Gasteiger partial charge on any atom is -0.481 e. The van der Waals surface area contributed by atoms with Gasteiger partial charge in [0.1, 0.15) is 0 Å². The molecule has 0 spiro atoms. The first-order valence-corrected chi connectivity index (χ1v) is 37.8. The number of hydrogen-bond donors (Lipinski definition) is 4. The largest absolute Gasteiger partial charge is 0.481 e. The minimum atomic E-state index is -0.833. The molecule has 8 aliphatic rings. The molecule has 5 aromatic carbocycles. The molecule has 0 saturated heterocycles. The van der Waals surface area contributed by atoms with Gasteiger partial charge in [0.25, 0.3) is 5.97 Å². The molecule has 8 saturated carbocycles. The molecular weight excluding hydrogens is 1170 g/mol. The molecule has 11 unspecified atom stereocenters. The summed E-state index contributed by atoms with van der Waals surface area (Å²) in [6.45, 7) is 46.5. The Morgan fingerprint density at radius 2 is 0.874 bits per heavy atom. The van der Waals surface area contributed by atoms with Crippen LogP contribution in [0.1, 0.15) is 273 Å². The van der Waals surface area contributed by atoms with Gasteiger partial charge in [0.15, 0.2) is 0 Å². The summed E-state index contributed by atoms with van der Waals surface area (Å²) in [7, 11) is 0. The maximum atomic E-state index is 11.2. The van der Waals surface area contributed by atoms with Crippen molar-refractivity contribution in [2.75, 3.05) is 0 Å². The lowest BCUT2D eigenvalue weighted by Gasteiger charge is -2.65. The predicted molar refractivity (Wildman–Crippen MR) is 407 cm³/mol. The number of benzene rings is 5. The Morgan fingerprint density at radius 3 is 1.22 bits per heavy atom. The predicted octanol–water partition coefficient (Wildman–Crippen LogP) is 25.2. The fourth-order valence-electron chi connectivity index (χ4n) is 18.1. The molecule has 4 bridgehead atoms. The van der Waals surface area contributed by atoms with E-state index in [2.05, 4.69) is 97.0 Å². The van der Waals surface area contributed by atoms with E-state index >= 15 is 0 Å². The minimum absolute atomic E-state index is 0.0844. The molecule has 0 heterocycles. The standard InChI is InChI=1S/C27H46O2.C16H16O2.C11H18.C10H8.C6H6.C3H6O2.C2H4O2.6C2H6/c1-16-11-12-26(5)20(13-16)14-18(3)25-22-9-8-21(17(2)7-10-24(28)29)27(22,6)19(4)15-23(25)26;1-16(12-15(17)18,13-8-4-2-5-9-13)14-10-6-3-7-11-14;1-11-5-8-2-9(6-11)4-10(3-8)7-11;1-2-6-10-8-4-3-7-9(10)5-1;1-2-4-6-5-3-1;1-2-3(4)5;1-2(3)4;6*1-2/h16-23,25H,7-15H2,1-6H3,(H,28,29);2-11H,12H2,1H3,(H,17,18);8-10H,2-7H2,1H3;1-8H;1-6H;2H2,1H3,(H,4,5);1H3,(H,3,4);6*1-2H3. The van der Waals surface area contributed by atoms with Crippen molar-refractivity contribution in [2.45, 2.75) is 267 Å². The highest BCUT2D eigenvalue weighted by Gasteiger charge is 2.64. The van der Waals surface area contributed by atoms with E-state index in [0.717, 1.165) is 89.1 Å². The zero-order valence-electron chi connectivity index (χ0n) is 64.2. The van der Waals surface area contributed by atoms with Gasteiger partial charge in [0.2, 0.25) is 0 Å². The molecule has 0 aromatic heterocycles. The smallest absolute Gasteiger partial charge is 0.304 e. The van der Waals surface area contributed by atoms with Gasteiger partial charge in [0.05, 0.1) is 6.42 Å². The number of carboxylic acids is 4. The second-order valence-corrected chi connectivity index (χ2v) is 27.8. The quantitative estimate of drug-likeness (QED) is 0.114. The van der Waals surface area contributed by atoms with Crippen molar-refractivity contribution >= 4 is 34.6 Å². The number of carbonyl (C=O) groups is 4. The molecule has 536 valence electrons. The van der Waals surface area contributed by atoms with E-state index in [0.29, 0.717) is 29.1 Å². The van der Waals surface area contributed by atoms with Crippen molar-refractivity contribution in [3.63, 3.8) is 0 Å². The Kier molecular flexibility index (Phi) is 44.4. The van der Waals surface area contributed by atoms with Crippen LogP contribution in [-0.2, 0) is 24.6 Å². The van der Waals surface area contributed by atoms with E-state index in [4.69, 9.17) is 15.0 Å². The summed E-state index contributed by atoms with van der Waals surface area (Å²) in [5.41, 5.74) is 3.35. The first-order chi connectivity index (χ1) is 45.4. The maximum absolute atomic E-state index is 11.2. The summed E-state index contributed by atoms with van der Waals surface area (Å²) in [5, 5.41) is 36.1. The Hall–Kier alpha value is -5.76. The zero-order valence-corrected chi connectivity index (χ0v) is 64.2. The molecule has 8 heteroatoms. The molecule has 13 rings (SSSR count). The van der Waals surface area contributed by atoms with Crippen LogP contribution >= 0.6 is 0 Å². The van der Waals surface area contributed by atoms with Gasteiger partial charge < -0.3 is 20.4 Å². The molecule has 11 atom stereocenters. The van der Waals surface area contributed by atoms with Crippen LogP contribution in [0, 0.1) is 87.3 Å². The number of fused-ring (bicyclic) bond motifs is 6. The summed E-state index contributed by atoms with van der Waals surface area (Å²) < 4.78 is 0. The summed E-state index contributed by atoms with van der Waals surface area (Å²) in [4.78, 5) is 40.7. The molecule has 4 N–H and O–H groups in total. The fourth-order valence-corrected chi connectivity index (χ4v) is 18.1. The molecule has 95 heavy (non-hydrogen) atoms. The third kappa shape index (κ3) is 27.6. The topological polar surface area (TPSA) is 149 Å². The van der Waals surface area contributed by atoms with Crippen LogP contribution < -0.4 is 0 Å². The summed E-state index contributed by atoms with van der Waals surface area (Å²) in [6, 6.07) is 48.3. The first kappa shape index (κ1) is 89.2. The molecule has 0 radical (unpaired) electrons. The van der Waals surface area contributed by atoms with Gasteiger partial charge >= 0.3 is 17.9 Å². The second-order valence-electron chi connectivity index (χ2n) is 27.8. The van der Waals surface area contributed by atoms with Gasteiger partial charge in [-0.15, -0.1) is 0 Å². The van der Waals surface area contributed by atoms with E-state index in [1.807, 2.05) is 187 Å². The Morgan fingerprint density at radius 1 is 0.505 bits per heavy atom. The van der Waals surface area contributed by atoms with Gasteiger partial charge in [0, 0.05) is 25.2 Å². The zero-order chi connectivity index (χ0) is 72.5. The number of aliphatic carboxylic acids is 4. The third-order valence-corrected chi connectivity index (χ3v) is 21.7. The van der Waals surface area contributed by atoms with Crippen LogP contribution in [0.25, 0.3) is 10.8 Å². The highest BCUT2D eigenvalue weighted by Crippen LogP contribution is 2.71. The van der Waals surface area contributed by atoms with Crippen molar-refractivity contribution in [1.29, 1.82) is 0 Å². The highest BCUT2D eigenvalue weighted by atomic mass is 16.4. The Balaban J connectivity index is 0.00000115. The van der Waals surface area contributed by atoms with Crippen molar-refractivity contribution in [3.05, 3.63) is 157 Å². The van der Waals surface area contributed by atoms with Crippen LogP contribution in [0.5, 0.6) is 0 Å². The van der Waals surface area contributed by atoms with Crippen molar-refractivity contribution in [1.82, 2.24) is 0 Å².